The summed E-state index contributed by atoms with van der Waals surface area (Å²) in [7, 11) is -7.44. The van der Waals surface area contributed by atoms with E-state index >= 15 is 0 Å². The molecule has 0 fully saturated rings. The molecule has 2 heterocycles. The van der Waals surface area contributed by atoms with Crippen molar-refractivity contribution in [2.24, 2.45) is 0 Å². The van der Waals surface area contributed by atoms with E-state index in [9.17, 15) is 27.4 Å². The Morgan fingerprint density at radius 3 is 1.14 bits per heavy atom. The molecule has 0 saturated carbocycles. The molecule has 208 valence electrons. The van der Waals surface area contributed by atoms with Crippen LogP contribution in [-0.4, -0.2) is 24.8 Å². The molecule has 0 atom stereocenters. The minimum absolute atomic E-state index is 0.207. The van der Waals surface area contributed by atoms with Gasteiger partial charge in [-0.05, 0) is 50.2 Å². The average Bonchev–Trinajstić information content (AvgIpc) is 3.47. The Balaban J connectivity index is 0.000000168. The van der Waals surface area contributed by atoms with Gasteiger partial charge in [-0.3, -0.25) is 0 Å². The molecular formula is C32H24N4O4S2. The summed E-state index contributed by atoms with van der Waals surface area (Å²) in [5, 5.41) is 19.9. The van der Waals surface area contributed by atoms with E-state index in [1.807, 2.05) is 0 Å². The maximum Gasteiger partial charge on any atom is 0.268 e. The van der Waals surface area contributed by atoms with Crippen LogP contribution in [0.25, 0.3) is 21.8 Å². The van der Waals surface area contributed by atoms with E-state index in [0.717, 1.165) is 0 Å². The van der Waals surface area contributed by atoms with Gasteiger partial charge in [0.15, 0.2) is 0 Å². The van der Waals surface area contributed by atoms with E-state index < -0.39 is 20.0 Å². The molecule has 0 saturated heterocycles. The van der Waals surface area contributed by atoms with Crippen molar-refractivity contribution in [1.29, 1.82) is 10.5 Å². The van der Waals surface area contributed by atoms with Gasteiger partial charge in [-0.2, -0.15) is 10.5 Å². The fraction of sp³-hybridized carbons (Fsp3) is 0.0625. The molecule has 10 heteroatoms. The number of hydrogen-bond donors (Lipinski definition) is 0. The summed E-state index contributed by atoms with van der Waals surface area (Å²) >= 11 is 0. The maximum absolute atomic E-state index is 12.9. The van der Waals surface area contributed by atoms with E-state index in [1.54, 1.807) is 123 Å². The predicted molar refractivity (Wildman–Crippen MR) is 161 cm³/mol. The van der Waals surface area contributed by atoms with Crippen molar-refractivity contribution in [3.8, 4) is 12.1 Å². The molecule has 0 bridgehead atoms. The lowest BCUT2D eigenvalue weighted by molar-refractivity contribution is 0.586. The first-order chi connectivity index (χ1) is 20.1. The Hall–Kier alpha value is -5.16. The van der Waals surface area contributed by atoms with Gasteiger partial charge in [0.2, 0.25) is 0 Å². The number of fused-ring (bicyclic) bond motifs is 2. The van der Waals surface area contributed by atoms with Crippen LogP contribution in [0, 0.1) is 36.5 Å². The van der Waals surface area contributed by atoms with E-state index in [-0.39, 0.29) is 9.79 Å². The zero-order valence-electron chi connectivity index (χ0n) is 22.6. The van der Waals surface area contributed by atoms with E-state index in [2.05, 4.69) is 12.1 Å². The summed E-state index contributed by atoms with van der Waals surface area (Å²) in [5.74, 6) is 0. The van der Waals surface area contributed by atoms with Crippen molar-refractivity contribution in [2.75, 3.05) is 0 Å². The quantitative estimate of drug-likeness (QED) is 0.243. The Bertz CT molecular complexity index is 2090. The molecule has 0 unspecified atom stereocenters. The van der Waals surface area contributed by atoms with Gasteiger partial charge in [-0.15, -0.1) is 0 Å². The van der Waals surface area contributed by atoms with Gasteiger partial charge in [0.05, 0.1) is 43.3 Å². The van der Waals surface area contributed by atoms with Crippen LogP contribution >= 0.6 is 0 Å². The molecule has 6 rings (SSSR count). The van der Waals surface area contributed by atoms with E-state index in [1.165, 1.54) is 7.94 Å². The highest BCUT2D eigenvalue weighted by Gasteiger charge is 2.25. The van der Waals surface area contributed by atoms with Crippen molar-refractivity contribution in [2.45, 2.75) is 23.6 Å². The number of para-hydroxylation sites is 2. The average molecular weight is 593 g/mol. The molecule has 0 N–H and O–H groups in total. The number of aromatic nitrogens is 2. The smallest absolute Gasteiger partial charge is 0.237 e. The van der Waals surface area contributed by atoms with Crippen LogP contribution in [0.4, 0.5) is 0 Å². The predicted octanol–water partition coefficient (Wildman–Crippen LogP) is 6.12. The first kappa shape index (κ1) is 28.4. The van der Waals surface area contributed by atoms with Crippen molar-refractivity contribution in [3.05, 3.63) is 132 Å². The molecule has 0 radical (unpaired) electrons. The summed E-state index contributed by atoms with van der Waals surface area (Å²) < 4.78 is 53.9. The number of benzene rings is 4. The Morgan fingerprint density at radius 1 is 0.500 bits per heavy atom. The molecule has 2 aromatic heterocycles. The van der Waals surface area contributed by atoms with Crippen LogP contribution in [0.15, 0.2) is 119 Å². The number of nitrogens with zero attached hydrogens (tertiary/aromatic N) is 4. The lowest BCUT2D eigenvalue weighted by Crippen LogP contribution is -2.14. The fourth-order valence-corrected chi connectivity index (χ4v) is 8.14. The number of hydrogen-bond acceptors (Lipinski definition) is 6. The van der Waals surface area contributed by atoms with Crippen LogP contribution in [0.3, 0.4) is 0 Å². The van der Waals surface area contributed by atoms with Crippen LogP contribution < -0.4 is 0 Å². The minimum Gasteiger partial charge on any atom is -0.237 e. The standard InChI is InChI=1S/2C16H12N2O2S/c2*1-12-15(11-17)14-9-5-6-10-16(14)18(12)21(19,20)13-7-3-2-4-8-13/h2*2-10H,1H3. The van der Waals surface area contributed by atoms with Crippen molar-refractivity contribution < 1.29 is 16.8 Å². The van der Waals surface area contributed by atoms with Crippen LogP contribution in [0.2, 0.25) is 0 Å². The van der Waals surface area contributed by atoms with Gasteiger partial charge < -0.3 is 0 Å². The van der Waals surface area contributed by atoms with E-state index in [0.29, 0.717) is 44.3 Å². The highest BCUT2D eigenvalue weighted by Crippen LogP contribution is 2.30. The molecule has 0 aliphatic heterocycles. The van der Waals surface area contributed by atoms with Crippen LogP contribution in [0.5, 0.6) is 0 Å². The van der Waals surface area contributed by atoms with Gasteiger partial charge in [0.1, 0.15) is 12.1 Å². The minimum atomic E-state index is -3.72. The van der Waals surface area contributed by atoms with Crippen molar-refractivity contribution in [1.82, 2.24) is 7.94 Å². The molecule has 6 aromatic rings. The molecule has 0 aliphatic carbocycles. The largest absolute Gasteiger partial charge is 0.268 e. The summed E-state index contributed by atoms with van der Waals surface area (Å²) in [4.78, 5) is 0.414. The molecule has 8 nitrogen and oxygen atoms in total. The highest BCUT2D eigenvalue weighted by atomic mass is 32.2. The topological polar surface area (TPSA) is 126 Å². The van der Waals surface area contributed by atoms with Crippen molar-refractivity contribution in [3.63, 3.8) is 0 Å². The third kappa shape index (κ3) is 4.63. The Kier molecular flexibility index (Phi) is 7.44. The summed E-state index contributed by atoms with van der Waals surface area (Å²) in [6.07, 6.45) is 0. The Morgan fingerprint density at radius 2 is 0.810 bits per heavy atom. The fourth-order valence-electron chi connectivity index (χ4n) is 4.98. The van der Waals surface area contributed by atoms with E-state index in [4.69, 9.17) is 0 Å². The second-order valence-electron chi connectivity index (χ2n) is 9.34. The molecular weight excluding hydrogens is 569 g/mol. The lowest BCUT2D eigenvalue weighted by Gasteiger charge is -2.09. The third-order valence-corrected chi connectivity index (χ3v) is 10.5. The molecule has 42 heavy (non-hydrogen) atoms. The summed E-state index contributed by atoms with van der Waals surface area (Å²) in [6, 6.07) is 34.7. The second kappa shape index (κ2) is 11.0. The zero-order chi connectivity index (χ0) is 30.1. The Labute approximate surface area is 244 Å². The third-order valence-electron chi connectivity index (χ3n) is 6.90. The van der Waals surface area contributed by atoms with Gasteiger partial charge in [-0.1, -0.05) is 72.8 Å². The number of nitriles is 2. The molecule has 4 aromatic carbocycles. The monoisotopic (exact) mass is 592 g/mol. The first-order valence-electron chi connectivity index (χ1n) is 12.8. The summed E-state index contributed by atoms with van der Waals surface area (Å²) in [6.45, 7) is 3.30. The number of rotatable bonds is 4. The van der Waals surface area contributed by atoms with Crippen LogP contribution in [-0.2, 0) is 20.0 Å². The van der Waals surface area contributed by atoms with Gasteiger partial charge in [-0.25, -0.2) is 24.8 Å². The van der Waals surface area contributed by atoms with Gasteiger partial charge >= 0.3 is 0 Å². The molecule has 0 spiro atoms. The van der Waals surface area contributed by atoms with Gasteiger partial charge in [0.25, 0.3) is 20.0 Å². The second-order valence-corrected chi connectivity index (χ2v) is 12.9. The molecule has 0 amide bonds. The highest BCUT2D eigenvalue weighted by molar-refractivity contribution is 7.90. The van der Waals surface area contributed by atoms with Crippen LogP contribution in [0.1, 0.15) is 22.5 Å². The normalized spacial score (nSPS) is 11.4. The molecule has 0 aliphatic rings. The SMILES string of the molecule is Cc1c(C#N)c2ccccc2n1S(=O)(=O)c1ccccc1.Cc1c(C#N)c2ccccc2n1S(=O)(=O)c1ccccc1. The maximum atomic E-state index is 12.9. The van der Waals surface area contributed by atoms with Crippen molar-refractivity contribution >= 4 is 41.9 Å². The zero-order valence-corrected chi connectivity index (χ0v) is 24.3. The lowest BCUT2D eigenvalue weighted by atomic mass is 10.1. The first-order valence-corrected chi connectivity index (χ1v) is 15.6. The summed E-state index contributed by atoms with van der Waals surface area (Å²) in [5.41, 5.74) is 2.70. The van der Waals surface area contributed by atoms with Gasteiger partial charge in [0, 0.05) is 10.8 Å².